The first-order valence-electron chi connectivity index (χ1n) is 3.43. The second-order valence-electron chi connectivity index (χ2n) is 2.15. The first-order valence-corrected chi connectivity index (χ1v) is 3.43. The summed E-state index contributed by atoms with van der Waals surface area (Å²) in [4.78, 5) is 0. The molecule has 0 saturated heterocycles. The van der Waals surface area contributed by atoms with Crippen LogP contribution in [0.2, 0.25) is 0 Å². The van der Waals surface area contributed by atoms with Gasteiger partial charge in [0, 0.05) is 7.05 Å². The Kier molecular flexibility index (Phi) is 2.60. The van der Waals surface area contributed by atoms with Crippen LogP contribution < -0.4 is 5.01 Å². The van der Waals surface area contributed by atoms with Crippen molar-refractivity contribution >= 4 is 5.69 Å². The Morgan fingerprint density at radius 2 is 1.82 bits per heavy atom. The van der Waals surface area contributed by atoms with Gasteiger partial charge in [0.1, 0.15) is 0 Å². The van der Waals surface area contributed by atoms with Crippen molar-refractivity contribution < 1.29 is 0 Å². The number of rotatable bonds is 2. The van der Waals surface area contributed by atoms with E-state index in [4.69, 9.17) is 0 Å². The van der Waals surface area contributed by atoms with E-state index in [1.807, 2.05) is 37.4 Å². The molecule has 0 aromatic heterocycles. The maximum absolute atomic E-state index is 3.85. The van der Waals surface area contributed by atoms with Crippen LogP contribution in [0.15, 0.2) is 40.7 Å². The lowest BCUT2D eigenvalue weighted by Crippen LogP contribution is -2.06. The number of anilines is 1. The third-order valence-corrected chi connectivity index (χ3v) is 1.35. The topological polar surface area (TPSA) is 28.0 Å². The van der Waals surface area contributed by atoms with Gasteiger partial charge in [-0.3, -0.25) is 5.01 Å². The normalized spacial score (nSPS) is 10.4. The van der Waals surface area contributed by atoms with E-state index in [0.717, 1.165) is 5.69 Å². The maximum Gasteiger partial charge on any atom is 0.0607 e. The molecule has 3 nitrogen and oxygen atoms in total. The van der Waals surface area contributed by atoms with Gasteiger partial charge in [-0.25, -0.2) is 0 Å². The summed E-state index contributed by atoms with van der Waals surface area (Å²) in [6.07, 6.45) is 0. The summed E-state index contributed by atoms with van der Waals surface area (Å²) in [6.45, 7) is 0. The summed E-state index contributed by atoms with van der Waals surface area (Å²) in [7, 11) is 3.52. The zero-order chi connectivity index (χ0) is 8.10. The summed E-state index contributed by atoms with van der Waals surface area (Å²) in [5.41, 5.74) is 1.04. The van der Waals surface area contributed by atoms with E-state index < -0.39 is 0 Å². The van der Waals surface area contributed by atoms with Gasteiger partial charge in [0.25, 0.3) is 0 Å². The van der Waals surface area contributed by atoms with Gasteiger partial charge in [-0.05, 0) is 12.1 Å². The number of hydrogen-bond acceptors (Lipinski definition) is 2. The molecule has 1 aromatic rings. The predicted molar refractivity (Wildman–Crippen MR) is 45.6 cm³/mol. The Labute approximate surface area is 66.3 Å². The van der Waals surface area contributed by atoms with Crippen LogP contribution in [0.1, 0.15) is 0 Å². The highest BCUT2D eigenvalue weighted by molar-refractivity contribution is 5.43. The average molecular weight is 149 g/mol. The van der Waals surface area contributed by atoms with Gasteiger partial charge in [0.15, 0.2) is 0 Å². The number of nitrogens with zero attached hydrogens (tertiary/aromatic N) is 3. The van der Waals surface area contributed by atoms with Crippen LogP contribution >= 0.6 is 0 Å². The van der Waals surface area contributed by atoms with Crippen LogP contribution in [0.5, 0.6) is 0 Å². The van der Waals surface area contributed by atoms with E-state index in [1.54, 1.807) is 12.1 Å². The molecule has 0 fully saturated rings. The number of hydrogen-bond donors (Lipinski definition) is 0. The molecule has 0 aliphatic rings. The van der Waals surface area contributed by atoms with E-state index in [2.05, 4.69) is 10.3 Å². The highest BCUT2D eigenvalue weighted by Crippen LogP contribution is 2.10. The van der Waals surface area contributed by atoms with E-state index in [-0.39, 0.29) is 0 Å². The quantitative estimate of drug-likeness (QED) is 0.467. The van der Waals surface area contributed by atoms with E-state index in [9.17, 15) is 0 Å². The molecule has 0 heterocycles. The van der Waals surface area contributed by atoms with Gasteiger partial charge in [0.2, 0.25) is 0 Å². The molecule has 0 aliphatic carbocycles. The summed E-state index contributed by atoms with van der Waals surface area (Å²) >= 11 is 0. The Balaban J connectivity index is 2.76. The Bertz CT molecular complexity index is 230. The fourth-order valence-corrected chi connectivity index (χ4v) is 0.830. The fourth-order valence-electron chi connectivity index (χ4n) is 0.830. The van der Waals surface area contributed by atoms with Gasteiger partial charge in [-0.2, -0.15) is 5.11 Å². The molecule has 0 amide bonds. The predicted octanol–water partition coefficient (Wildman–Crippen LogP) is 2.12. The second-order valence-corrected chi connectivity index (χ2v) is 2.15. The molecule has 0 N–H and O–H groups in total. The zero-order valence-corrected chi connectivity index (χ0v) is 6.73. The van der Waals surface area contributed by atoms with Gasteiger partial charge in [-0.15, -0.1) is 0 Å². The monoisotopic (exact) mass is 149 g/mol. The molecule has 0 atom stereocenters. The molecule has 0 radical (unpaired) electrons. The van der Waals surface area contributed by atoms with Gasteiger partial charge in [-0.1, -0.05) is 23.4 Å². The molecule has 3 heteroatoms. The van der Waals surface area contributed by atoms with Crippen LogP contribution in [-0.4, -0.2) is 14.1 Å². The highest BCUT2D eigenvalue weighted by Gasteiger charge is 1.93. The summed E-state index contributed by atoms with van der Waals surface area (Å²) in [6, 6.07) is 9.87. The Morgan fingerprint density at radius 3 is 2.36 bits per heavy atom. The lowest BCUT2D eigenvalue weighted by Gasteiger charge is -2.09. The average Bonchev–Trinajstić information content (AvgIpc) is 2.07. The summed E-state index contributed by atoms with van der Waals surface area (Å²) < 4.78 is 0. The Morgan fingerprint density at radius 1 is 1.18 bits per heavy atom. The third kappa shape index (κ3) is 2.04. The van der Waals surface area contributed by atoms with Crippen molar-refractivity contribution in [3.63, 3.8) is 0 Å². The molecule has 0 bridgehead atoms. The summed E-state index contributed by atoms with van der Waals surface area (Å²) in [5.74, 6) is 0. The van der Waals surface area contributed by atoms with Crippen LogP contribution in [0.3, 0.4) is 0 Å². The molecule has 0 aliphatic heterocycles. The van der Waals surface area contributed by atoms with E-state index >= 15 is 0 Å². The van der Waals surface area contributed by atoms with Crippen molar-refractivity contribution in [1.82, 2.24) is 0 Å². The van der Waals surface area contributed by atoms with Crippen molar-refractivity contribution in [2.45, 2.75) is 0 Å². The van der Waals surface area contributed by atoms with Gasteiger partial charge in [0.05, 0.1) is 12.7 Å². The summed E-state index contributed by atoms with van der Waals surface area (Å²) in [5, 5.41) is 9.24. The lowest BCUT2D eigenvalue weighted by molar-refractivity contribution is 0.903. The molecule has 0 saturated carbocycles. The largest absolute Gasteiger partial charge is 0.250 e. The smallest absolute Gasteiger partial charge is 0.0607 e. The first-order chi connectivity index (χ1) is 5.34. The minimum Gasteiger partial charge on any atom is -0.250 e. The maximum atomic E-state index is 3.85. The van der Waals surface area contributed by atoms with Crippen LogP contribution in [0.25, 0.3) is 0 Å². The molecule has 58 valence electrons. The molecular weight excluding hydrogens is 138 g/mol. The second kappa shape index (κ2) is 3.71. The zero-order valence-electron chi connectivity index (χ0n) is 6.73. The molecule has 0 spiro atoms. The standard InChI is InChI=1S/C8H11N3/c1-9-10-11(2)8-6-4-3-5-7-8/h3-7H,1-2H3. The van der Waals surface area contributed by atoms with Crippen LogP contribution in [-0.2, 0) is 0 Å². The lowest BCUT2D eigenvalue weighted by atomic mass is 10.3. The third-order valence-electron chi connectivity index (χ3n) is 1.35. The van der Waals surface area contributed by atoms with Crippen molar-refractivity contribution in [1.29, 1.82) is 0 Å². The van der Waals surface area contributed by atoms with E-state index in [1.165, 1.54) is 0 Å². The Hall–Kier alpha value is -1.38. The molecular formula is C8H11N3. The number of benzene rings is 1. The SMILES string of the molecule is CN=NN(C)c1ccccc1. The van der Waals surface area contributed by atoms with E-state index in [0.29, 0.717) is 0 Å². The van der Waals surface area contributed by atoms with Crippen molar-refractivity contribution in [3.05, 3.63) is 30.3 Å². The van der Waals surface area contributed by atoms with Crippen molar-refractivity contribution in [3.8, 4) is 0 Å². The molecule has 1 rings (SSSR count). The number of para-hydroxylation sites is 1. The first kappa shape index (κ1) is 7.72. The van der Waals surface area contributed by atoms with Crippen molar-refractivity contribution in [2.75, 3.05) is 19.1 Å². The molecule has 11 heavy (non-hydrogen) atoms. The minimum atomic E-state index is 1.04. The molecule has 1 aromatic carbocycles. The van der Waals surface area contributed by atoms with Gasteiger partial charge < -0.3 is 0 Å². The minimum absolute atomic E-state index is 1.04. The van der Waals surface area contributed by atoms with Crippen LogP contribution in [0.4, 0.5) is 5.69 Å². The van der Waals surface area contributed by atoms with Gasteiger partial charge >= 0.3 is 0 Å². The highest BCUT2D eigenvalue weighted by atomic mass is 15.5. The molecule has 0 unspecified atom stereocenters. The van der Waals surface area contributed by atoms with Crippen LogP contribution in [0, 0.1) is 0 Å². The van der Waals surface area contributed by atoms with Crippen molar-refractivity contribution in [2.24, 2.45) is 10.3 Å². The fraction of sp³-hybridized carbons (Fsp3) is 0.250.